The third kappa shape index (κ3) is 6.22. The normalized spacial score (nSPS) is 18.8. The Morgan fingerprint density at radius 2 is 1.85 bits per heavy atom. The zero-order valence-electron chi connectivity index (χ0n) is 22.5. The summed E-state index contributed by atoms with van der Waals surface area (Å²) in [6.07, 6.45) is 1.21. The molecular weight excluding hydrogens is 530 g/mol. The van der Waals surface area contributed by atoms with Gasteiger partial charge >= 0.3 is 6.18 Å². The summed E-state index contributed by atoms with van der Waals surface area (Å²) >= 11 is 1.68. The summed E-state index contributed by atoms with van der Waals surface area (Å²) in [5.74, 6) is 0.0151. The van der Waals surface area contributed by atoms with Gasteiger partial charge in [-0.2, -0.15) is 13.2 Å². The van der Waals surface area contributed by atoms with Gasteiger partial charge in [-0.05, 0) is 49.1 Å². The van der Waals surface area contributed by atoms with Crippen LogP contribution < -0.4 is 5.32 Å². The lowest BCUT2D eigenvalue weighted by molar-refractivity contribution is -0.137. The van der Waals surface area contributed by atoms with E-state index in [1.165, 1.54) is 16.8 Å². The van der Waals surface area contributed by atoms with Crippen LogP contribution in [0.3, 0.4) is 0 Å². The molecule has 0 amide bonds. The van der Waals surface area contributed by atoms with E-state index in [4.69, 9.17) is 0 Å². The molecule has 39 heavy (non-hydrogen) atoms. The summed E-state index contributed by atoms with van der Waals surface area (Å²) in [5, 5.41) is 3.19. The third-order valence-electron chi connectivity index (χ3n) is 7.25. The molecule has 1 aromatic carbocycles. The Balaban J connectivity index is 1.40. The average molecular weight is 564 g/mol. The molecule has 2 aliphatic rings. The van der Waals surface area contributed by atoms with E-state index in [1.54, 1.807) is 24.9 Å². The predicted molar refractivity (Wildman–Crippen MR) is 145 cm³/mol. The number of halogens is 4. The SMILES string of the molecule is CSN1CCC(Nc2ncc(C(F)(F)F)c(-c3cn(-c4ccc(CN5CC(C)(C)C5)cc4F)c(C)n3)n2)CC1. The van der Waals surface area contributed by atoms with Crippen molar-refractivity contribution in [3.63, 3.8) is 0 Å². The Morgan fingerprint density at radius 1 is 1.13 bits per heavy atom. The Bertz CT molecular complexity index is 1320. The molecule has 0 unspecified atom stereocenters. The minimum absolute atomic E-state index is 0.00812. The molecule has 12 heteroatoms. The van der Waals surface area contributed by atoms with E-state index >= 15 is 4.39 Å². The lowest BCUT2D eigenvalue weighted by atomic mass is 9.84. The van der Waals surface area contributed by atoms with E-state index in [9.17, 15) is 13.2 Å². The Labute approximate surface area is 230 Å². The minimum Gasteiger partial charge on any atom is -0.351 e. The highest BCUT2D eigenvalue weighted by Gasteiger charge is 2.37. The van der Waals surface area contributed by atoms with Crippen LogP contribution in [0.2, 0.25) is 0 Å². The first-order valence-corrected chi connectivity index (χ1v) is 14.2. The van der Waals surface area contributed by atoms with Gasteiger partial charge in [-0.25, -0.2) is 19.3 Å². The summed E-state index contributed by atoms with van der Waals surface area (Å²) in [4.78, 5) is 14.8. The number of benzene rings is 1. The van der Waals surface area contributed by atoms with E-state index in [2.05, 4.69) is 43.3 Å². The molecule has 2 fully saturated rings. The fourth-order valence-electron chi connectivity index (χ4n) is 5.43. The van der Waals surface area contributed by atoms with Crippen molar-refractivity contribution in [2.24, 2.45) is 5.41 Å². The first kappa shape index (κ1) is 27.9. The maximum atomic E-state index is 15.2. The molecule has 7 nitrogen and oxygen atoms in total. The van der Waals surface area contributed by atoms with Gasteiger partial charge in [0.05, 0.1) is 5.69 Å². The molecule has 0 aliphatic carbocycles. The standard InChI is InChI=1S/C27H33F4N7S/c1-17-33-22(14-38(17)23-6-5-18(11-21(23)28)13-36-15-26(2,3)16-36)24-20(27(29,30)31)12-32-25(35-24)34-19-7-9-37(39-4)10-8-19/h5-6,11-12,14,19H,7-10,13,15-16H2,1-4H3,(H,32,34,35). The highest BCUT2D eigenvalue weighted by atomic mass is 32.2. The van der Waals surface area contributed by atoms with Gasteiger partial charge in [0, 0.05) is 51.2 Å². The number of likely N-dealkylation sites (tertiary alicyclic amines) is 1. The highest BCUT2D eigenvalue weighted by molar-refractivity contribution is 7.96. The highest BCUT2D eigenvalue weighted by Crippen LogP contribution is 2.37. The van der Waals surface area contributed by atoms with Crippen molar-refractivity contribution in [2.75, 3.05) is 37.8 Å². The van der Waals surface area contributed by atoms with Crippen LogP contribution in [0.5, 0.6) is 0 Å². The van der Waals surface area contributed by atoms with Crippen LogP contribution >= 0.6 is 11.9 Å². The Morgan fingerprint density at radius 3 is 2.46 bits per heavy atom. The number of nitrogens with zero attached hydrogens (tertiary/aromatic N) is 6. The number of alkyl halides is 3. The number of aromatic nitrogens is 4. The Kier molecular flexibility index (Phi) is 7.64. The quantitative estimate of drug-likeness (QED) is 0.288. The molecule has 0 saturated carbocycles. The summed E-state index contributed by atoms with van der Waals surface area (Å²) in [7, 11) is 0. The van der Waals surface area contributed by atoms with Crippen LogP contribution in [-0.2, 0) is 12.7 Å². The van der Waals surface area contributed by atoms with Crippen molar-refractivity contribution in [2.45, 2.75) is 52.4 Å². The van der Waals surface area contributed by atoms with E-state index in [0.29, 0.717) is 12.4 Å². The van der Waals surface area contributed by atoms with Gasteiger partial charge in [0.25, 0.3) is 0 Å². The number of piperidine rings is 1. The van der Waals surface area contributed by atoms with Gasteiger partial charge in [0.2, 0.25) is 5.95 Å². The molecular formula is C27H33F4N7S. The first-order valence-electron chi connectivity index (χ1n) is 13.0. The number of anilines is 1. The molecule has 2 aliphatic heterocycles. The molecule has 2 saturated heterocycles. The van der Waals surface area contributed by atoms with Gasteiger partial charge in [0.15, 0.2) is 0 Å². The molecule has 0 spiro atoms. The largest absolute Gasteiger partial charge is 0.420 e. The minimum atomic E-state index is -4.67. The molecule has 1 N–H and O–H groups in total. The van der Waals surface area contributed by atoms with Gasteiger partial charge in [-0.15, -0.1) is 0 Å². The second kappa shape index (κ2) is 10.7. The number of aryl methyl sites for hydroxylation is 1. The average Bonchev–Trinajstić information content (AvgIpc) is 3.24. The summed E-state index contributed by atoms with van der Waals surface area (Å²) < 4.78 is 60.7. The van der Waals surface area contributed by atoms with Crippen LogP contribution in [-0.4, -0.2) is 67.2 Å². The van der Waals surface area contributed by atoms with Crippen LogP contribution in [0.25, 0.3) is 17.1 Å². The second-order valence-electron chi connectivity index (χ2n) is 11.1. The van der Waals surface area contributed by atoms with Crippen molar-refractivity contribution in [3.8, 4) is 17.1 Å². The van der Waals surface area contributed by atoms with Crippen LogP contribution in [0.4, 0.5) is 23.5 Å². The van der Waals surface area contributed by atoms with Crippen LogP contribution in [0, 0.1) is 18.2 Å². The summed E-state index contributed by atoms with van der Waals surface area (Å²) in [6, 6.07) is 5.04. The molecule has 2 aromatic heterocycles. The third-order valence-corrected chi connectivity index (χ3v) is 8.13. The maximum absolute atomic E-state index is 15.2. The number of imidazole rings is 1. The van der Waals surface area contributed by atoms with E-state index in [-0.39, 0.29) is 34.5 Å². The van der Waals surface area contributed by atoms with Gasteiger partial charge in [0.1, 0.15) is 28.6 Å². The van der Waals surface area contributed by atoms with Gasteiger partial charge in [-0.3, -0.25) is 9.21 Å². The van der Waals surface area contributed by atoms with Crippen molar-refractivity contribution in [3.05, 3.63) is 53.4 Å². The van der Waals surface area contributed by atoms with E-state index in [0.717, 1.165) is 50.8 Å². The van der Waals surface area contributed by atoms with Crippen molar-refractivity contribution >= 4 is 17.9 Å². The van der Waals surface area contributed by atoms with Crippen LogP contribution in [0.15, 0.2) is 30.6 Å². The zero-order chi connectivity index (χ0) is 27.9. The van der Waals surface area contributed by atoms with Crippen molar-refractivity contribution < 1.29 is 17.6 Å². The van der Waals surface area contributed by atoms with E-state index < -0.39 is 17.6 Å². The molecule has 5 rings (SSSR count). The zero-order valence-corrected chi connectivity index (χ0v) is 23.3. The monoisotopic (exact) mass is 563 g/mol. The molecule has 0 radical (unpaired) electrons. The van der Waals surface area contributed by atoms with Gasteiger partial charge in [-0.1, -0.05) is 31.9 Å². The smallest absolute Gasteiger partial charge is 0.351 e. The fraction of sp³-hybridized carbons (Fsp3) is 0.519. The van der Waals surface area contributed by atoms with Crippen molar-refractivity contribution in [1.82, 2.24) is 28.7 Å². The Hall–Kier alpha value is -2.70. The molecule has 0 atom stereocenters. The van der Waals surface area contributed by atoms with E-state index in [1.807, 2.05) is 12.3 Å². The predicted octanol–water partition coefficient (Wildman–Crippen LogP) is 5.79. The van der Waals surface area contributed by atoms with Gasteiger partial charge < -0.3 is 9.88 Å². The number of hydrogen-bond acceptors (Lipinski definition) is 7. The molecule has 0 bridgehead atoms. The number of nitrogens with one attached hydrogen (secondary N) is 1. The lowest BCUT2D eigenvalue weighted by Crippen LogP contribution is -2.52. The molecule has 4 heterocycles. The number of rotatable bonds is 7. The molecule has 210 valence electrons. The topological polar surface area (TPSA) is 62.1 Å². The fourth-order valence-corrected chi connectivity index (χ4v) is 6.00. The lowest BCUT2D eigenvalue weighted by Gasteiger charge is -2.46. The van der Waals surface area contributed by atoms with Crippen molar-refractivity contribution in [1.29, 1.82) is 0 Å². The summed E-state index contributed by atoms with van der Waals surface area (Å²) in [5.41, 5.74) is 0.0394. The maximum Gasteiger partial charge on any atom is 0.420 e. The molecule has 3 aromatic rings. The summed E-state index contributed by atoms with van der Waals surface area (Å²) in [6.45, 7) is 10.3. The first-order chi connectivity index (χ1) is 18.4. The van der Waals surface area contributed by atoms with Crippen LogP contribution in [0.1, 0.15) is 43.6 Å². The number of hydrogen-bond donors (Lipinski definition) is 1. The second-order valence-corrected chi connectivity index (χ2v) is 12.0.